The number of aryl methyl sites for hydroxylation is 1. The second kappa shape index (κ2) is 6.42. The maximum Gasteiger partial charge on any atom is 0.203 e. The highest BCUT2D eigenvalue weighted by Gasteiger charge is 2.03. The van der Waals surface area contributed by atoms with Crippen LogP contribution >= 0.6 is 0 Å². The lowest BCUT2D eigenvalue weighted by atomic mass is 10.5. The summed E-state index contributed by atoms with van der Waals surface area (Å²) in [5.74, 6) is 0.876. The molecule has 0 aromatic carbocycles. The molecule has 0 saturated heterocycles. The van der Waals surface area contributed by atoms with Crippen LogP contribution in [-0.4, -0.2) is 43.5 Å². The first-order valence-corrected chi connectivity index (χ1v) is 5.03. The number of hydrogen-bond donors (Lipinski definition) is 1. The number of methoxy groups -OCH3 is 2. The van der Waals surface area contributed by atoms with E-state index in [0.29, 0.717) is 13.2 Å². The van der Waals surface area contributed by atoms with Gasteiger partial charge in [-0.1, -0.05) is 0 Å². The molecule has 86 valence electrons. The van der Waals surface area contributed by atoms with Gasteiger partial charge in [-0.25, -0.2) is 4.98 Å². The normalized spacial score (nSPS) is 10.6. The lowest BCUT2D eigenvalue weighted by Crippen LogP contribution is -2.13. The molecule has 1 aromatic rings. The molecule has 0 aliphatic carbocycles. The molecular formula is C10H19N3O2. The summed E-state index contributed by atoms with van der Waals surface area (Å²) in [6.07, 6.45) is 2.01. The van der Waals surface area contributed by atoms with Gasteiger partial charge in [0.15, 0.2) is 0 Å². The molecule has 0 bridgehead atoms. The molecule has 1 rings (SSSR count). The average Bonchev–Trinajstić information content (AvgIpc) is 2.56. The van der Waals surface area contributed by atoms with Crippen LogP contribution in [0.5, 0.6) is 0 Å². The Balaban J connectivity index is 2.51. The van der Waals surface area contributed by atoms with Crippen LogP contribution in [0, 0.1) is 6.92 Å². The van der Waals surface area contributed by atoms with Crippen LogP contribution in [0.4, 0.5) is 5.95 Å². The van der Waals surface area contributed by atoms with Crippen molar-refractivity contribution >= 4 is 5.95 Å². The minimum atomic E-state index is 0.677. The third kappa shape index (κ3) is 3.89. The zero-order valence-electron chi connectivity index (χ0n) is 9.62. The standard InChI is InChI=1S/C10H19N3O2/c1-9-8-13(5-7-15-3)10(12-9)11-4-6-14-2/h8H,4-7H2,1-3H3,(H,11,12). The number of aromatic nitrogens is 2. The van der Waals surface area contributed by atoms with Crippen molar-refractivity contribution in [3.05, 3.63) is 11.9 Å². The molecule has 0 saturated carbocycles. The smallest absolute Gasteiger partial charge is 0.203 e. The van der Waals surface area contributed by atoms with E-state index >= 15 is 0 Å². The van der Waals surface area contributed by atoms with Crippen LogP contribution < -0.4 is 5.32 Å². The van der Waals surface area contributed by atoms with Crippen LogP contribution in [0.25, 0.3) is 0 Å². The Labute approximate surface area is 90.4 Å². The molecule has 0 unspecified atom stereocenters. The van der Waals surface area contributed by atoms with Gasteiger partial charge in [0.25, 0.3) is 0 Å². The number of rotatable bonds is 7. The van der Waals surface area contributed by atoms with Gasteiger partial charge in [0.2, 0.25) is 5.95 Å². The molecule has 0 aliphatic heterocycles. The predicted molar refractivity (Wildman–Crippen MR) is 59.2 cm³/mol. The highest BCUT2D eigenvalue weighted by Crippen LogP contribution is 2.07. The second-order valence-electron chi connectivity index (χ2n) is 3.31. The molecule has 0 fully saturated rings. The third-order valence-electron chi connectivity index (χ3n) is 2.02. The fourth-order valence-electron chi connectivity index (χ4n) is 1.31. The molecule has 0 radical (unpaired) electrons. The largest absolute Gasteiger partial charge is 0.383 e. The van der Waals surface area contributed by atoms with E-state index in [9.17, 15) is 0 Å². The number of imidazole rings is 1. The topological polar surface area (TPSA) is 48.3 Å². The van der Waals surface area contributed by atoms with Crippen molar-refractivity contribution in [1.82, 2.24) is 9.55 Å². The van der Waals surface area contributed by atoms with Crippen LogP contribution in [0.1, 0.15) is 5.69 Å². The molecular weight excluding hydrogens is 194 g/mol. The molecule has 0 aliphatic rings. The molecule has 1 heterocycles. The first-order chi connectivity index (χ1) is 7.27. The van der Waals surface area contributed by atoms with Crippen molar-refractivity contribution in [3.63, 3.8) is 0 Å². The van der Waals surface area contributed by atoms with Gasteiger partial charge < -0.3 is 19.4 Å². The Morgan fingerprint density at radius 1 is 1.33 bits per heavy atom. The number of nitrogens with one attached hydrogen (secondary N) is 1. The second-order valence-corrected chi connectivity index (χ2v) is 3.31. The van der Waals surface area contributed by atoms with Gasteiger partial charge in [0.1, 0.15) is 0 Å². The summed E-state index contributed by atoms with van der Waals surface area (Å²) in [4.78, 5) is 4.38. The fraction of sp³-hybridized carbons (Fsp3) is 0.700. The Kier molecular flexibility index (Phi) is 5.14. The number of nitrogens with zero attached hydrogens (tertiary/aromatic N) is 2. The fourth-order valence-corrected chi connectivity index (χ4v) is 1.31. The lowest BCUT2D eigenvalue weighted by molar-refractivity contribution is 0.187. The lowest BCUT2D eigenvalue weighted by Gasteiger charge is -2.08. The van der Waals surface area contributed by atoms with E-state index in [2.05, 4.69) is 14.9 Å². The first-order valence-electron chi connectivity index (χ1n) is 5.03. The van der Waals surface area contributed by atoms with Gasteiger partial charge in [-0.05, 0) is 6.92 Å². The van der Waals surface area contributed by atoms with Gasteiger partial charge >= 0.3 is 0 Å². The summed E-state index contributed by atoms with van der Waals surface area (Å²) in [5, 5.41) is 3.22. The van der Waals surface area contributed by atoms with E-state index in [0.717, 1.165) is 24.7 Å². The molecule has 5 heteroatoms. The third-order valence-corrected chi connectivity index (χ3v) is 2.02. The molecule has 1 N–H and O–H groups in total. The van der Waals surface area contributed by atoms with Crippen LogP contribution in [0.3, 0.4) is 0 Å². The summed E-state index contributed by atoms with van der Waals surface area (Å²) >= 11 is 0. The molecule has 0 spiro atoms. The number of anilines is 1. The zero-order valence-corrected chi connectivity index (χ0v) is 9.62. The summed E-state index contributed by atoms with van der Waals surface area (Å²) < 4.78 is 12.1. The SMILES string of the molecule is COCCNc1nc(C)cn1CCOC. The summed E-state index contributed by atoms with van der Waals surface area (Å²) in [5.41, 5.74) is 1.01. The molecule has 1 aromatic heterocycles. The van der Waals surface area contributed by atoms with E-state index in [1.807, 2.05) is 13.1 Å². The van der Waals surface area contributed by atoms with Crippen molar-refractivity contribution in [2.75, 3.05) is 39.3 Å². The Hall–Kier alpha value is -1.07. The minimum absolute atomic E-state index is 0.677. The van der Waals surface area contributed by atoms with E-state index in [1.165, 1.54) is 0 Å². The highest BCUT2D eigenvalue weighted by atomic mass is 16.5. The monoisotopic (exact) mass is 213 g/mol. The Morgan fingerprint density at radius 2 is 2.07 bits per heavy atom. The predicted octanol–water partition coefficient (Wildman–Crippen LogP) is 0.896. The molecule has 5 nitrogen and oxygen atoms in total. The molecule has 0 amide bonds. The Bertz CT molecular complexity index is 286. The number of ether oxygens (including phenoxy) is 2. The molecule has 15 heavy (non-hydrogen) atoms. The van der Waals surface area contributed by atoms with Gasteiger partial charge in [-0.15, -0.1) is 0 Å². The van der Waals surface area contributed by atoms with E-state index in [1.54, 1.807) is 14.2 Å². The van der Waals surface area contributed by atoms with Crippen molar-refractivity contribution in [3.8, 4) is 0 Å². The highest BCUT2D eigenvalue weighted by molar-refractivity contribution is 5.28. The van der Waals surface area contributed by atoms with Crippen molar-refractivity contribution in [2.45, 2.75) is 13.5 Å². The summed E-state index contributed by atoms with van der Waals surface area (Å²) in [7, 11) is 3.38. The summed E-state index contributed by atoms with van der Waals surface area (Å²) in [6, 6.07) is 0. The quantitative estimate of drug-likeness (QED) is 0.684. The van der Waals surface area contributed by atoms with Crippen molar-refractivity contribution in [2.24, 2.45) is 0 Å². The Morgan fingerprint density at radius 3 is 2.73 bits per heavy atom. The average molecular weight is 213 g/mol. The minimum Gasteiger partial charge on any atom is -0.383 e. The molecule has 0 atom stereocenters. The van der Waals surface area contributed by atoms with Crippen LogP contribution in [0.2, 0.25) is 0 Å². The van der Waals surface area contributed by atoms with Crippen LogP contribution in [0.15, 0.2) is 6.20 Å². The summed E-state index contributed by atoms with van der Waals surface area (Å²) in [6.45, 7) is 4.92. The van der Waals surface area contributed by atoms with Gasteiger partial charge in [0.05, 0.1) is 18.9 Å². The number of hydrogen-bond acceptors (Lipinski definition) is 4. The van der Waals surface area contributed by atoms with Crippen LogP contribution in [-0.2, 0) is 16.0 Å². The maximum absolute atomic E-state index is 5.03. The van der Waals surface area contributed by atoms with Crippen molar-refractivity contribution < 1.29 is 9.47 Å². The van der Waals surface area contributed by atoms with Gasteiger partial charge in [-0.3, -0.25) is 0 Å². The maximum atomic E-state index is 5.03. The zero-order chi connectivity index (χ0) is 11.1. The van der Waals surface area contributed by atoms with Crippen molar-refractivity contribution in [1.29, 1.82) is 0 Å². The first kappa shape index (κ1) is 12.0. The van der Waals surface area contributed by atoms with E-state index < -0.39 is 0 Å². The van der Waals surface area contributed by atoms with Gasteiger partial charge in [0, 0.05) is 33.5 Å². The van der Waals surface area contributed by atoms with E-state index in [4.69, 9.17) is 9.47 Å². The van der Waals surface area contributed by atoms with E-state index in [-0.39, 0.29) is 0 Å². The van der Waals surface area contributed by atoms with Gasteiger partial charge in [-0.2, -0.15) is 0 Å².